The molecule has 21 heavy (non-hydrogen) atoms. The molecule has 0 radical (unpaired) electrons. The lowest BCUT2D eigenvalue weighted by molar-refractivity contribution is -0.688. The highest BCUT2D eigenvalue weighted by atomic mass is 19.1. The van der Waals surface area contributed by atoms with E-state index in [0.29, 0.717) is 0 Å². The number of hydrogen-bond acceptors (Lipinski definition) is 0. The largest absolute Gasteiger partial charge is 0.208 e. The lowest BCUT2D eigenvalue weighted by atomic mass is 10.1. The zero-order chi connectivity index (χ0) is 14.7. The Morgan fingerprint density at radius 1 is 0.762 bits per heavy atom. The summed E-state index contributed by atoms with van der Waals surface area (Å²) in [6, 6.07) is 15.0. The fourth-order valence-electron chi connectivity index (χ4n) is 2.25. The number of aryl methyl sites for hydroxylation is 1. The van der Waals surface area contributed by atoms with Crippen LogP contribution in [0.15, 0.2) is 73.3 Å². The summed E-state index contributed by atoms with van der Waals surface area (Å²) in [5, 5.41) is 0. The topological polar surface area (TPSA) is 7.76 Å². The molecule has 1 aromatic carbocycles. The van der Waals surface area contributed by atoms with Gasteiger partial charge in [-0.2, -0.15) is 0 Å². The summed E-state index contributed by atoms with van der Waals surface area (Å²) in [4.78, 5) is 0. The van der Waals surface area contributed by atoms with Crippen LogP contribution in [0.1, 0.15) is 5.56 Å². The first-order chi connectivity index (χ1) is 10.2. The average molecular weight is 280 g/mol. The van der Waals surface area contributed by atoms with Crippen molar-refractivity contribution in [1.82, 2.24) is 0 Å². The van der Waals surface area contributed by atoms with Crippen LogP contribution in [-0.4, -0.2) is 0 Å². The van der Waals surface area contributed by atoms with Gasteiger partial charge in [-0.15, -0.1) is 0 Å². The van der Waals surface area contributed by atoms with Gasteiger partial charge in [-0.25, -0.2) is 13.5 Å². The van der Waals surface area contributed by atoms with E-state index in [1.165, 1.54) is 23.3 Å². The van der Waals surface area contributed by atoms with E-state index in [1.807, 2.05) is 48.5 Å². The Morgan fingerprint density at radius 3 is 1.86 bits per heavy atom. The molecule has 3 aromatic rings. The number of pyridine rings is 2. The zero-order valence-corrected chi connectivity index (χ0v) is 11.9. The standard InChI is InChI=1S/C18H17FN2/c1-20-10-6-16(7-11-20)17-8-12-21(13-9-17)14-15-2-4-18(19)5-3-15/h2-13H,14H2,1H3/q+2. The van der Waals surface area contributed by atoms with Gasteiger partial charge in [0.2, 0.25) is 0 Å². The van der Waals surface area contributed by atoms with Gasteiger partial charge in [0.05, 0.1) is 0 Å². The molecule has 0 amide bonds. The maximum atomic E-state index is 12.9. The average Bonchev–Trinajstić information content (AvgIpc) is 2.51. The minimum absolute atomic E-state index is 0.198. The first kappa shape index (κ1) is 13.4. The molecule has 2 nitrogen and oxygen atoms in total. The molecule has 3 heteroatoms. The van der Waals surface area contributed by atoms with Crippen molar-refractivity contribution >= 4 is 0 Å². The third-order valence-electron chi connectivity index (χ3n) is 3.48. The molecule has 104 valence electrons. The van der Waals surface area contributed by atoms with Crippen LogP contribution >= 0.6 is 0 Å². The number of halogens is 1. The Hall–Kier alpha value is -2.55. The molecule has 2 heterocycles. The van der Waals surface area contributed by atoms with Crippen molar-refractivity contribution < 1.29 is 13.5 Å². The van der Waals surface area contributed by atoms with Gasteiger partial charge >= 0.3 is 0 Å². The number of rotatable bonds is 3. The van der Waals surface area contributed by atoms with E-state index in [1.54, 1.807) is 0 Å². The summed E-state index contributed by atoms with van der Waals surface area (Å²) in [6.45, 7) is 0.740. The van der Waals surface area contributed by atoms with Crippen LogP contribution in [0, 0.1) is 5.82 Å². The van der Waals surface area contributed by atoms with Crippen LogP contribution in [0.4, 0.5) is 4.39 Å². The Morgan fingerprint density at radius 2 is 1.29 bits per heavy atom. The zero-order valence-electron chi connectivity index (χ0n) is 11.9. The monoisotopic (exact) mass is 280 g/mol. The van der Waals surface area contributed by atoms with Gasteiger partial charge in [0.1, 0.15) is 12.9 Å². The third-order valence-corrected chi connectivity index (χ3v) is 3.48. The minimum Gasteiger partial charge on any atom is -0.208 e. The minimum atomic E-state index is -0.198. The Balaban J connectivity index is 1.77. The quantitative estimate of drug-likeness (QED) is 0.652. The molecule has 2 aromatic heterocycles. The van der Waals surface area contributed by atoms with Crippen LogP contribution in [0.2, 0.25) is 0 Å². The Bertz CT molecular complexity index is 717. The van der Waals surface area contributed by atoms with E-state index in [4.69, 9.17) is 0 Å². The Labute approximate surface area is 123 Å². The summed E-state index contributed by atoms with van der Waals surface area (Å²) in [6.07, 6.45) is 8.17. The fraction of sp³-hybridized carbons (Fsp3) is 0.111. The number of hydrogen-bond donors (Lipinski definition) is 0. The summed E-state index contributed by atoms with van der Waals surface area (Å²) >= 11 is 0. The third kappa shape index (κ3) is 3.31. The van der Waals surface area contributed by atoms with Gasteiger partial charge in [-0.1, -0.05) is 0 Å². The predicted octanol–water partition coefficient (Wildman–Crippen LogP) is 2.65. The first-order valence-corrected chi connectivity index (χ1v) is 6.90. The van der Waals surface area contributed by atoms with Crippen molar-refractivity contribution in [2.75, 3.05) is 0 Å². The Kier molecular flexibility index (Phi) is 3.73. The molecule has 0 fully saturated rings. The predicted molar refractivity (Wildman–Crippen MR) is 78.8 cm³/mol. The molecule has 0 atom stereocenters. The van der Waals surface area contributed by atoms with Crippen LogP contribution in [0.25, 0.3) is 11.1 Å². The normalized spacial score (nSPS) is 10.6. The van der Waals surface area contributed by atoms with E-state index < -0.39 is 0 Å². The molecule has 0 bridgehead atoms. The van der Waals surface area contributed by atoms with Gasteiger partial charge in [-0.05, 0) is 35.4 Å². The molecule has 0 aliphatic carbocycles. The highest BCUT2D eigenvalue weighted by Crippen LogP contribution is 2.15. The van der Waals surface area contributed by atoms with Gasteiger partial charge in [0.25, 0.3) is 0 Å². The second-order valence-electron chi connectivity index (χ2n) is 5.14. The van der Waals surface area contributed by atoms with E-state index in [2.05, 4.69) is 28.8 Å². The van der Waals surface area contributed by atoms with Crippen molar-refractivity contribution in [3.05, 3.63) is 84.7 Å². The SMILES string of the molecule is C[n+]1ccc(-c2cc[n+](Cc3ccc(F)cc3)cc2)cc1. The number of aromatic nitrogens is 2. The smallest absolute Gasteiger partial charge is 0.173 e. The van der Waals surface area contributed by atoms with Crippen molar-refractivity contribution in [2.45, 2.75) is 6.54 Å². The second kappa shape index (κ2) is 5.83. The summed E-state index contributed by atoms with van der Waals surface area (Å²) in [5.74, 6) is -0.198. The summed E-state index contributed by atoms with van der Waals surface area (Å²) in [5.41, 5.74) is 3.47. The van der Waals surface area contributed by atoms with E-state index >= 15 is 0 Å². The van der Waals surface area contributed by atoms with E-state index in [-0.39, 0.29) is 5.82 Å². The van der Waals surface area contributed by atoms with Crippen molar-refractivity contribution in [3.8, 4) is 11.1 Å². The van der Waals surface area contributed by atoms with E-state index in [0.717, 1.165) is 12.1 Å². The van der Waals surface area contributed by atoms with Gasteiger partial charge < -0.3 is 0 Å². The van der Waals surface area contributed by atoms with Crippen LogP contribution in [0.5, 0.6) is 0 Å². The lowest BCUT2D eigenvalue weighted by Crippen LogP contribution is -2.33. The van der Waals surface area contributed by atoms with E-state index in [9.17, 15) is 4.39 Å². The van der Waals surface area contributed by atoms with Gasteiger partial charge in [0.15, 0.2) is 31.3 Å². The molecule has 0 spiro atoms. The molecular formula is C18H17FN2+2. The molecule has 0 N–H and O–H groups in total. The van der Waals surface area contributed by atoms with Crippen molar-refractivity contribution in [2.24, 2.45) is 7.05 Å². The second-order valence-corrected chi connectivity index (χ2v) is 5.14. The van der Waals surface area contributed by atoms with Crippen molar-refractivity contribution in [3.63, 3.8) is 0 Å². The maximum absolute atomic E-state index is 12.9. The molecule has 3 rings (SSSR count). The van der Waals surface area contributed by atoms with Gasteiger partial charge in [0, 0.05) is 29.8 Å². The highest BCUT2D eigenvalue weighted by Gasteiger charge is 2.05. The molecule has 0 saturated carbocycles. The lowest BCUT2D eigenvalue weighted by Gasteiger charge is -2.01. The molecule has 0 saturated heterocycles. The molecule has 0 aliphatic heterocycles. The van der Waals surface area contributed by atoms with Gasteiger partial charge in [-0.3, -0.25) is 0 Å². The first-order valence-electron chi connectivity index (χ1n) is 6.90. The van der Waals surface area contributed by atoms with Crippen LogP contribution < -0.4 is 9.13 Å². The fourth-order valence-corrected chi connectivity index (χ4v) is 2.25. The number of nitrogens with zero attached hydrogens (tertiary/aromatic N) is 2. The van der Waals surface area contributed by atoms with Crippen LogP contribution in [-0.2, 0) is 13.6 Å². The summed E-state index contributed by atoms with van der Waals surface area (Å²) < 4.78 is 17.0. The molecular weight excluding hydrogens is 263 g/mol. The van der Waals surface area contributed by atoms with Crippen LogP contribution in [0.3, 0.4) is 0 Å². The van der Waals surface area contributed by atoms with Crippen molar-refractivity contribution in [1.29, 1.82) is 0 Å². The molecule has 0 unspecified atom stereocenters. The molecule has 0 aliphatic rings. The maximum Gasteiger partial charge on any atom is 0.173 e. The summed E-state index contributed by atoms with van der Waals surface area (Å²) in [7, 11) is 2.01. The highest BCUT2D eigenvalue weighted by molar-refractivity contribution is 5.60. The number of benzene rings is 1.